The summed E-state index contributed by atoms with van der Waals surface area (Å²) < 4.78 is 24.9. The quantitative estimate of drug-likeness (QED) is 0.293. The molecule has 29 heavy (non-hydrogen) atoms. The minimum absolute atomic E-state index is 0.0516. The number of esters is 1. The van der Waals surface area contributed by atoms with Crippen LogP contribution in [0.5, 0.6) is 11.5 Å². The highest BCUT2D eigenvalue weighted by Gasteiger charge is 2.28. The maximum absolute atomic E-state index is 14.0. The van der Waals surface area contributed by atoms with Crippen molar-refractivity contribution in [2.75, 3.05) is 0 Å². The fourth-order valence-electron chi connectivity index (χ4n) is 2.80. The van der Waals surface area contributed by atoms with Crippen LogP contribution in [0.15, 0.2) is 66.4 Å². The Kier molecular flexibility index (Phi) is 5.09. The van der Waals surface area contributed by atoms with Crippen LogP contribution in [0.1, 0.15) is 26.3 Å². The average molecular weight is 429 g/mol. The minimum atomic E-state index is -0.645. The number of carbonyl (C=O) groups is 2. The number of rotatable bonds is 3. The van der Waals surface area contributed by atoms with Crippen LogP contribution in [-0.4, -0.2) is 11.8 Å². The van der Waals surface area contributed by atoms with E-state index in [2.05, 4.69) is 0 Å². The summed E-state index contributed by atoms with van der Waals surface area (Å²) in [5.41, 5.74) is 0.526. The zero-order chi connectivity index (χ0) is 20.5. The lowest BCUT2D eigenvalue weighted by atomic mass is 10.1. The molecule has 0 aliphatic carbocycles. The summed E-state index contributed by atoms with van der Waals surface area (Å²) in [6.45, 7) is 0. The number of hydrogen-bond donors (Lipinski definition) is 0. The van der Waals surface area contributed by atoms with E-state index in [1.165, 1.54) is 48.5 Å². The van der Waals surface area contributed by atoms with E-state index in [0.717, 1.165) is 0 Å². The molecule has 7 heteroatoms. The summed E-state index contributed by atoms with van der Waals surface area (Å²) in [6, 6.07) is 15.0. The van der Waals surface area contributed by atoms with Gasteiger partial charge in [0.05, 0.1) is 21.2 Å². The summed E-state index contributed by atoms with van der Waals surface area (Å²) in [5, 5.41) is 0.413. The van der Waals surface area contributed by atoms with E-state index in [0.29, 0.717) is 0 Å². The molecule has 0 atom stereocenters. The monoisotopic (exact) mass is 428 g/mol. The van der Waals surface area contributed by atoms with Crippen molar-refractivity contribution in [1.82, 2.24) is 0 Å². The Bertz CT molecular complexity index is 1170. The van der Waals surface area contributed by atoms with Crippen LogP contribution in [0, 0.1) is 5.82 Å². The number of allylic oxidation sites excluding steroid dienone is 1. The van der Waals surface area contributed by atoms with Crippen molar-refractivity contribution in [2.24, 2.45) is 0 Å². The van der Waals surface area contributed by atoms with Gasteiger partial charge in [-0.15, -0.1) is 0 Å². The smallest absolute Gasteiger partial charge is 0.345 e. The normalized spacial score (nSPS) is 13.9. The number of hydrogen-bond acceptors (Lipinski definition) is 4. The van der Waals surface area contributed by atoms with Gasteiger partial charge in [-0.2, -0.15) is 0 Å². The van der Waals surface area contributed by atoms with E-state index in [-0.39, 0.29) is 44.0 Å². The largest absolute Gasteiger partial charge is 0.452 e. The van der Waals surface area contributed by atoms with Crippen molar-refractivity contribution in [3.63, 3.8) is 0 Å². The molecular formula is C22H11Cl2FO4. The molecule has 0 unspecified atom stereocenters. The molecule has 0 radical (unpaired) electrons. The molecule has 0 N–H and O–H groups in total. The third kappa shape index (κ3) is 3.75. The first-order valence-electron chi connectivity index (χ1n) is 8.43. The van der Waals surface area contributed by atoms with Gasteiger partial charge in [0.2, 0.25) is 5.78 Å². The van der Waals surface area contributed by atoms with Gasteiger partial charge < -0.3 is 9.47 Å². The van der Waals surface area contributed by atoms with E-state index in [9.17, 15) is 14.0 Å². The average Bonchev–Trinajstić information content (AvgIpc) is 3.00. The second-order valence-electron chi connectivity index (χ2n) is 6.10. The first-order valence-corrected chi connectivity index (χ1v) is 9.18. The Hall–Kier alpha value is -3.15. The number of Topliss-reactive ketones (excluding diaryl/α,β-unsaturated/α-hetero) is 1. The zero-order valence-corrected chi connectivity index (χ0v) is 16.1. The van der Waals surface area contributed by atoms with Gasteiger partial charge in [0.15, 0.2) is 5.76 Å². The summed E-state index contributed by atoms with van der Waals surface area (Å²) >= 11 is 12.0. The third-order valence-electron chi connectivity index (χ3n) is 4.22. The summed E-state index contributed by atoms with van der Waals surface area (Å²) in [5.74, 6) is -1.37. The lowest BCUT2D eigenvalue weighted by Gasteiger charge is -2.06. The number of fused-ring (bicyclic) bond motifs is 1. The Morgan fingerprint density at radius 1 is 1.00 bits per heavy atom. The molecule has 0 saturated heterocycles. The second kappa shape index (κ2) is 7.70. The Morgan fingerprint density at radius 3 is 2.52 bits per heavy atom. The molecule has 0 fully saturated rings. The maximum atomic E-state index is 14.0. The van der Waals surface area contributed by atoms with E-state index in [4.69, 9.17) is 32.7 Å². The fourth-order valence-corrected chi connectivity index (χ4v) is 3.23. The van der Waals surface area contributed by atoms with Crippen LogP contribution in [0.3, 0.4) is 0 Å². The van der Waals surface area contributed by atoms with Gasteiger partial charge in [-0.1, -0.05) is 41.4 Å². The van der Waals surface area contributed by atoms with Crippen molar-refractivity contribution in [3.8, 4) is 11.5 Å². The van der Waals surface area contributed by atoms with Crippen LogP contribution in [0.2, 0.25) is 10.0 Å². The van der Waals surface area contributed by atoms with Crippen molar-refractivity contribution in [1.29, 1.82) is 0 Å². The predicted molar refractivity (Wildman–Crippen MR) is 107 cm³/mol. The van der Waals surface area contributed by atoms with E-state index in [1.807, 2.05) is 0 Å². The molecule has 1 aliphatic rings. The van der Waals surface area contributed by atoms with Gasteiger partial charge in [0.25, 0.3) is 0 Å². The van der Waals surface area contributed by atoms with Gasteiger partial charge >= 0.3 is 5.97 Å². The number of halogens is 3. The van der Waals surface area contributed by atoms with Gasteiger partial charge in [0, 0.05) is 11.6 Å². The van der Waals surface area contributed by atoms with Crippen LogP contribution >= 0.6 is 23.2 Å². The van der Waals surface area contributed by atoms with Gasteiger partial charge in [-0.3, -0.25) is 4.79 Å². The Balaban J connectivity index is 1.60. The van der Waals surface area contributed by atoms with Gasteiger partial charge in [-0.05, 0) is 42.5 Å². The molecule has 1 heterocycles. The molecule has 4 nitrogen and oxygen atoms in total. The van der Waals surface area contributed by atoms with E-state index >= 15 is 0 Å². The van der Waals surface area contributed by atoms with Crippen LogP contribution < -0.4 is 9.47 Å². The maximum Gasteiger partial charge on any atom is 0.345 e. The molecule has 0 bridgehead atoms. The van der Waals surface area contributed by atoms with Crippen molar-refractivity contribution < 1.29 is 23.5 Å². The standard InChI is InChI=1S/C22H11Cl2FO4/c23-16-5-2-1-4-13(16)22(27)28-12-8-9-14-19(10-12)29-20(21(14)26)11-15-17(24)6-3-7-18(15)25/h1-11H. The molecule has 0 spiro atoms. The lowest BCUT2D eigenvalue weighted by Crippen LogP contribution is -2.09. The lowest BCUT2D eigenvalue weighted by molar-refractivity contribution is 0.0734. The minimum Gasteiger partial charge on any atom is -0.452 e. The SMILES string of the molecule is O=C(Oc1ccc2c(c1)OC(=Cc1c(F)cccc1Cl)C2=O)c1ccccc1Cl. The molecule has 0 amide bonds. The molecule has 3 aromatic rings. The molecule has 1 aliphatic heterocycles. The Labute approximate surface area is 175 Å². The van der Waals surface area contributed by atoms with Gasteiger partial charge in [0.1, 0.15) is 17.3 Å². The second-order valence-corrected chi connectivity index (χ2v) is 6.92. The third-order valence-corrected chi connectivity index (χ3v) is 4.88. The highest BCUT2D eigenvalue weighted by molar-refractivity contribution is 6.33. The fraction of sp³-hybridized carbons (Fsp3) is 0. The van der Waals surface area contributed by atoms with E-state index in [1.54, 1.807) is 18.2 Å². The van der Waals surface area contributed by atoms with Gasteiger partial charge in [-0.25, -0.2) is 9.18 Å². The van der Waals surface area contributed by atoms with Crippen LogP contribution in [0.4, 0.5) is 4.39 Å². The molecule has 4 rings (SSSR count). The summed E-state index contributed by atoms with van der Waals surface area (Å²) in [6.07, 6.45) is 1.25. The molecule has 0 saturated carbocycles. The molecule has 144 valence electrons. The summed E-state index contributed by atoms with van der Waals surface area (Å²) in [4.78, 5) is 24.8. The van der Waals surface area contributed by atoms with Crippen LogP contribution in [-0.2, 0) is 0 Å². The van der Waals surface area contributed by atoms with E-state index < -0.39 is 17.6 Å². The van der Waals surface area contributed by atoms with Crippen molar-refractivity contribution in [2.45, 2.75) is 0 Å². The van der Waals surface area contributed by atoms with Crippen molar-refractivity contribution >= 4 is 41.0 Å². The topological polar surface area (TPSA) is 52.6 Å². The van der Waals surface area contributed by atoms with Crippen molar-refractivity contribution in [3.05, 3.63) is 99.0 Å². The highest BCUT2D eigenvalue weighted by atomic mass is 35.5. The summed E-state index contributed by atoms with van der Waals surface area (Å²) in [7, 11) is 0. The first kappa shape index (κ1) is 19.2. The first-order chi connectivity index (χ1) is 13.9. The number of benzene rings is 3. The molecular weight excluding hydrogens is 418 g/mol. The zero-order valence-electron chi connectivity index (χ0n) is 14.6. The van der Waals surface area contributed by atoms with Crippen LogP contribution in [0.25, 0.3) is 6.08 Å². The Morgan fingerprint density at radius 2 is 1.76 bits per heavy atom. The highest BCUT2D eigenvalue weighted by Crippen LogP contribution is 2.36. The number of carbonyl (C=O) groups excluding carboxylic acids is 2. The molecule has 0 aromatic heterocycles. The molecule has 3 aromatic carbocycles. The number of ketones is 1. The predicted octanol–water partition coefficient (Wildman–Crippen LogP) is 5.97. The number of ether oxygens (including phenoxy) is 2.